The Kier molecular flexibility index (Phi) is 5.89. The number of carbonyl (C=O) groups excluding carboxylic acids is 1. The van der Waals surface area contributed by atoms with Crippen molar-refractivity contribution in [2.24, 2.45) is 0 Å². The molecule has 194 valence electrons. The number of methoxy groups -OCH3 is 1. The Labute approximate surface area is 214 Å². The molecule has 2 aromatic heterocycles. The minimum Gasteiger partial charge on any atom is -0.374 e. The van der Waals surface area contributed by atoms with Crippen LogP contribution >= 0.6 is 0 Å². The van der Waals surface area contributed by atoms with Crippen LogP contribution in [0.4, 0.5) is 4.39 Å². The highest BCUT2D eigenvalue weighted by atomic mass is 32.2. The second-order valence-electron chi connectivity index (χ2n) is 9.87. The van der Waals surface area contributed by atoms with Crippen LogP contribution in [0.15, 0.2) is 41.7 Å². The van der Waals surface area contributed by atoms with Crippen molar-refractivity contribution < 1.29 is 27.1 Å². The number of halogens is 1. The van der Waals surface area contributed by atoms with Crippen LogP contribution in [0.5, 0.6) is 0 Å². The van der Waals surface area contributed by atoms with E-state index in [-0.39, 0.29) is 23.3 Å². The highest BCUT2D eigenvalue weighted by molar-refractivity contribution is 7.90. The summed E-state index contributed by atoms with van der Waals surface area (Å²) in [5, 5.41) is 4.12. The fraction of sp³-hybridized carbons (Fsp3) is 0.423. The maximum atomic E-state index is 14.9. The van der Waals surface area contributed by atoms with Gasteiger partial charge in [0.25, 0.3) is 10.0 Å². The fourth-order valence-corrected chi connectivity index (χ4v) is 6.23. The molecule has 3 heterocycles. The number of sulfonamides is 1. The van der Waals surface area contributed by atoms with Gasteiger partial charge in [-0.2, -0.15) is 13.5 Å². The van der Waals surface area contributed by atoms with Crippen LogP contribution in [0.25, 0.3) is 11.1 Å². The first kappa shape index (κ1) is 24.2. The van der Waals surface area contributed by atoms with Gasteiger partial charge >= 0.3 is 0 Å². The first-order valence-electron chi connectivity index (χ1n) is 12.3. The van der Waals surface area contributed by atoms with Crippen LogP contribution in [-0.2, 0) is 49.2 Å². The third-order valence-electron chi connectivity index (χ3n) is 7.45. The Hall–Kier alpha value is -3.15. The number of aromatic nitrogens is 3. The number of hydrogen-bond acceptors (Lipinski definition) is 7. The summed E-state index contributed by atoms with van der Waals surface area (Å²) in [6, 6.07) is 6.50. The van der Waals surface area contributed by atoms with E-state index in [9.17, 15) is 17.6 Å². The summed E-state index contributed by atoms with van der Waals surface area (Å²) in [4.78, 5) is 17.2. The molecule has 3 aromatic rings. The number of nitrogens with zero attached hydrogens (tertiary/aromatic N) is 3. The number of rotatable bonds is 8. The van der Waals surface area contributed by atoms with E-state index in [4.69, 9.17) is 9.47 Å². The van der Waals surface area contributed by atoms with Crippen molar-refractivity contribution in [1.82, 2.24) is 19.5 Å². The first-order valence-corrected chi connectivity index (χ1v) is 13.8. The van der Waals surface area contributed by atoms with E-state index in [0.29, 0.717) is 48.4 Å². The zero-order chi connectivity index (χ0) is 25.8. The maximum absolute atomic E-state index is 14.9. The number of carbonyl (C=O) groups is 1. The summed E-state index contributed by atoms with van der Waals surface area (Å²) >= 11 is 0. The normalized spacial score (nSPS) is 18.3. The van der Waals surface area contributed by atoms with Gasteiger partial charge < -0.3 is 9.47 Å². The van der Waals surface area contributed by atoms with Crippen LogP contribution in [-0.4, -0.2) is 49.4 Å². The molecule has 1 N–H and O–H groups in total. The molecule has 6 rings (SSSR count). The van der Waals surface area contributed by atoms with E-state index in [0.717, 1.165) is 30.4 Å². The lowest BCUT2D eigenvalue weighted by Gasteiger charge is -2.40. The van der Waals surface area contributed by atoms with Crippen molar-refractivity contribution in [3.05, 3.63) is 64.9 Å². The van der Waals surface area contributed by atoms with Gasteiger partial charge in [-0.3, -0.25) is 14.5 Å². The van der Waals surface area contributed by atoms with Gasteiger partial charge in [0.1, 0.15) is 5.82 Å². The number of nitrogens with one attached hydrogen (secondary N) is 1. The van der Waals surface area contributed by atoms with Crippen molar-refractivity contribution in [2.75, 3.05) is 20.3 Å². The molecule has 1 saturated carbocycles. The number of benzene rings is 1. The summed E-state index contributed by atoms with van der Waals surface area (Å²) in [6.45, 7) is 0.614. The third-order valence-corrected chi connectivity index (χ3v) is 8.70. The summed E-state index contributed by atoms with van der Waals surface area (Å²) < 4.78 is 56.3. The number of fused-ring (bicyclic) bond motifs is 1. The molecule has 0 spiro atoms. The molecule has 11 heteroatoms. The molecule has 2 aliphatic carbocycles. The van der Waals surface area contributed by atoms with Gasteiger partial charge in [0.2, 0.25) is 5.91 Å². The van der Waals surface area contributed by atoms with Crippen molar-refractivity contribution in [1.29, 1.82) is 0 Å². The van der Waals surface area contributed by atoms with Gasteiger partial charge in [0.15, 0.2) is 10.6 Å². The van der Waals surface area contributed by atoms with Crippen molar-refractivity contribution in [3.8, 4) is 11.1 Å². The molecule has 37 heavy (non-hydrogen) atoms. The Balaban J connectivity index is 1.31. The van der Waals surface area contributed by atoms with Crippen LogP contribution < -0.4 is 4.72 Å². The minimum absolute atomic E-state index is 0.104. The van der Waals surface area contributed by atoms with E-state index >= 15 is 0 Å². The van der Waals surface area contributed by atoms with Gasteiger partial charge in [-0.05, 0) is 78.1 Å². The predicted octanol–water partition coefficient (Wildman–Crippen LogP) is 2.83. The van der Waals surface area contributed by atoms with Gasteiger partial charge in [0, 0.05) is 25.6 Å². The molecule has 3 aliphatic rings. The van der Waals surface area contributed by atoms with Gasteiger partial charge in [-0.1, -0.05) is 0 Å². The van der Waals surface area contributed by atoms with Crippen LogP contribution in [0.1, 0.15) is 47.7 Å². The van der Waals surface area contributed by atoms with Crippen molar-refractivity contribution in [3.63, 3.8) is 0 Å². The van der Waals surface area contributed by atoms with Crippen molar-refractivity contribution >= 4 is 15.9 Å². The highest BCUT2D eigenvalue weighted by Crippen LogP contribution is 2.42. The molecule has 1 aromatic carbocycles. The Morgan fingerprint density at radius 2 is 1.95 bits per heavy atom. The second kappa shape index (κ2) is 9.00. The number of hydrogen-bond donors (Lipinski definition) is 1. The molecule has 1 saturated heterocycles. The van der Waals surface area contributed by atoms with Crippen LogP contribution in [0.3, 0.4) is 0 Å². The highest BCUT2D eigenvalue weighted by Gasteiger charge is 2.46. The molecule has 0 bridgehead atoms. The zero-order valence-corrected chi connectivity index (χ0v) is 21.2. The van der Waals surface area contributed by atoms with E-state index in [1.807, 2.05) is 0 Å². The topological polar surface area (TPSA) is 112 Å². The molecule has 2 fully saturated rings. The largest absolute Gasteiger partial charge is 0.374 e. The monoisotopic (exact) mass is 526 g/mol. The van der Waals surface area contributed by atoms with Crippen LogP contribution in [0.2, 0.25) is 0 Å². The standard InChI is InChI=1S/C26H27FN4O5S/c1-35-26(14-36-15-26)23-13-25(29-31(23)17-5-6-17)37(33,34)30-24(32)12-21-18-3-2-4-19(18)22(27)11-20(21)16-7-9-28-10-8-16/h7-11,13,17H,2-6,12,14-15H2,1H3,(H,30,32). The van der Waals surface area contributed by atoms with Gasteiger partial charge in [0.05, 0.1) is 31.4 Å². The molecule has 0 atom stereocenters. The summed E-state index contributed by atoms with van der Waals surface area (Å²) in [5.41, 5.74) is 3.20. The number of ether oxygens (including phenoxy) is 2. The molecular weight excluding hydrogens is 499 g/mol. The lowest BCUT2D eigenvalue weighted by atomic mass is 9.91. The number of amides is 1. The molecule has 0 unspecified atom stereocenters. The van der Waals surface area contributed by atoms with E-state index in [1.165, 1.54) is 12.1 Å². The molecule has 9 nitrogen and oxygen atoms in total. The number of pyridine rings is 1. The molecule has 1 aliphatic heterocycles. The SMILES string of the molecule is COC1(c2cc(S(=O)(=O)NC(=O)Cc3c(-c4ccncc4)cc(F)c4c3CCC4)nn2C2CC2)COC1. The van der Waals surface area contributed by atoms with E-state index in [2.05, 4.69) is 14.8 Å². The van der Waals surface area contributed by atoms with E-state index < -0.39 is 21.5 Å². The second-order valence-corrected chi connectivity index (χ2v) is 11.5. The smallest absolute Gasteiger partial charge is 0.283 e. The maximum Gasteiger partial charge on any atom is 0.283 e. The Morgan fingerprint density at radius 1 is 1.22 bits per heavy atom. The summed E-state index contributed by atoms with van der Waals surface area (Å²) in [5.74, 6) is -1.01. The van der Waals surface area contributed by atoms with Gasteiger partial charge in [-0.25, -0.2) is 9.11 Å². The fourth-order valence-electron chi connectivity index (χ4n) is 5.29. The third kappa shape index (κ3) is 4.24. The lowest BCUT2D eigenvalue weighted by molar-refractivity contribution is -0.206. The van der Waals surface area contributed by atoms with Crippen molar-refractivity contribution in [2.45, 2.75) is 55.2 Å². The first-order chi connectivity index (χ1) is 17.8. The quantitative estimate of drug-likeness (QED) is 0.480. The van der Waals surface area contributed by atoms with Crippen LogP contribution in [0, 0.1) is 5.82 Å². The van der Waals surface area contributed by atoms with E-state index in [1.54, 1.807) is 36.3 Å². The Bertz CT molecular complexity index is 1470. The lowest BCUT2D eigenvalue weighted by Crippen LogP contribution is -2.49. The van der Waals surface area contributed by atoms with Gasteiger partial charge in [-0.15, -0.1) is 0 Å². The molecular formula is C26H27FN4O5S. The average Bonchev–Trinajstić information content (AvgIpc) is 3.38. The minimum atomic E-state index is -4.25. The zero-order valence-electron chi connectivity index (χ0n) is 20.4. The Morgan fingerprint density at radius 3 is 2.59 bits per heavy atom. The summed E-state index contributed by atoms with van der Waals surface area (Å²) in [7, 11) is -2.69. The average molecular weight is 527 g/mol. The molecule has 1 amide bonds. The molecule has 0 radical (unpaired) electrons. The predicted molar refractivity (Wildman–Crippen MR) is 131 cm³/mol. The summed E-state index contributed by atoms with van der Waals surface area (Å²) in [6.07, 6.45) is 6.80.